The number of hydrogen-bond donors (Lipinski definition) is 1. The Morgan fingerprint density at radius 3 is 2.53 bits per heavy atom. The van der Waals surface area contributed by atoms with E-state index in [-0.39, 0.29) is 12.1 Å². The number of nitrogens with two attached hydrogens (primary N) is 1. The fraction of sp³-hybridized carbons (Fsp3) is 0.600. The molecule has 1 aromatic carbocycles. The average Bonchev–Trinajstić information content (AvgIpc) is 2.82. The van der Waals surface area contributed by atoms with Crippen LogP contribution < -0.4 is 5.73 Å². The second-order valence-electron chi connectivity index (χ2n) is 5.42. The molecule has 0 aromatic heterocycles. The largest absolute Gasteiger partial charge is 0.376 e. The minimum absolute atomic E-state index is 0.0330. The monoisotopic (exact) mass is 233 g/mol. The van der Waals surface area contributed by atoms with Crippen LogP contribution in [0.3, 0.4) is 0 Å². The van der Waals surface area contributed by atoms with Crippen molar-refractivity contribution < 1.29 is 4.74 Å². The van der Waals surface area contributed by atoms with Gasteiger partial charge in [0, 0.05) is 6.61 Å². The van der Waals surface area contributed by atoms with Crippen molar-refractivity contribution in [3.8, 4) is 0 Å². The van der Waals surface area contributed by atoms with Crippen LogP contribution in [0.2, 0.25) is 0 Å². The predicted molar refractivity (Wildman–Crippen MR) is 70.9 cm³/mol. The van der Waals surface area contributed by atoms with Gasteiger partial charge in [-0.3, -0.25) is 0 Å². The van der Waals surface area contributed by atoms with E-state index in [1.54, 1.807) is 0 Å². The summed E-state index contributed by atoms with van der Waals surface area (Å²) in [5, 5.41) is 0. The molecule has 1 aliphatic heterocycles. The fourth-order valence-corrected chi connectivity index (χ4v) is 2.45. The molecule has 1 heterocycles. The Morgan fingerprint density at radius 1 is 1.29 bits per heavy atom. The quantitative estimate of drug-likeness (QED) is 0.867. The van der Waals surface area contributed by atoms with Gasteiger partial charge in [-0.15, -0.1) is 0 Å². The highest BCUT2D eigenvalue weighted by molar-refractivity contribution is 5.26. The summed E-state index contributed by atoms with van der Waals surface area (Å²) in [6.07, 6.45) is 3.58. The van der Waals surface area contributed by atoms with Crippen LogP contribution in [-0.2, 0) is 11.2 Å². The lowest BCUT2D eigenvalue weighted by Gasteiger charge is -2.19. The normalized spacial score (nSPS) is 22.0. The molecule has 0 amide bonds. The van der Waals surface area contributed by atoms with Gasteiger partial charge < -0.3 is 10.5 Å². The highest BCUT2D eigenvalue weighted by Gasteiger charge is 2.23. The van der Waals surface area contributed by atoms with Crippen LogP contribution >= 0.6 is 0 Å². The van der Waals surface area contributed by atoms with E-state index in [4.69, 9.17) is 10.5 Å². The highest BCUT2D eigenvalue weighted by atomic mass is 16.5. The van der Waals surface area contributed by atoms with Gasteiger partial charge in [0.05, 0.1) is 12.1 Å². The van der Waals surface area contributed by atoms with Gasteiger partial charge in [-0.05, 0) is 36.3 Å². The molecule has 2 atom stereocenters. The Balaban J connectivity index is 2.01. The van der Waals surface area contributed by atoms with Gasteiger partial charge in [-0.25, -0.2) is 0 Å². The molecule has 1 saturated heterocycles. The fourth-order valence-electron chi connectivity index (χ4n) is 2.45. The van der Waals surface area contributed by atoms with Crippen LogP contribution in [0.4, 0.5) is 0 Å². The van der Waals surface area contributed by atoms with Crippen molar-refractivity contribution in [2.45, 2.75) is 45.3 Å². The van der Waals surface area contributed by atoms with E-state index in [0.29, 0.717) is 5.92 Å². The smallest absolute Gasteiger partial charge is 0.0768 e. The van der Waals surface area contributed by atoms with Crippen molar-refractivity contribution in [2.24, 2.45) is 11.7 Å². The summed E-state index contributed by atoms with van der Waals surface area (Å²) in [7, 11) is 0. The standard InChI is InChI=1S/C15H23NO/c1-11(2)10-12-5-7-13(8-6-12)15(16)14-4-3-9-17-14/h5-8,11,14-15H,3-4,9-10,16H2,1-2H3. The lowest BCUT2D eigenvalue weighted by molar-refractivity contribution is 0.0900. The molecule has 1 fully saturated rings. The third-order valence-corrected chi connectivity index (χ3v) is 3.37. The molecule has 2 nitrogen and oxygen atoms in total. The molecule has 1 aromatic rings. The Hall–Kier alpha value is -0.860. The zero-order chi connectivity index (χ0) is 12.3. The molecule has 17 heavy (non-hydrogen) atoms. The van der Waals surface area contributed by atoms with Crippen molar-refractivity contribution in [3.63, 3.8) is 0 Å². The Kier molecular flexibility index (Phi) is 4.19. The Labute approximate surface area is 104 Å². The van der Waals surface area contributed by atoms with Gasteiger partial charge in [0.1, 0.15) is 0 Å². The topological polar surface area (TPSA) is 35.2 Å². The molecule has 94 valence electrons. The lowest BCUT2D eigenvalue weighted by Crippen LogP contribution is -2.25. The predicted octanol–water partition coefficient (Wildman–Crippen LogP) is 3.06. The first kappa shape index (κ1) is 12.6. The van der Waals surface area contributed by atoms with Crippen LogP contribution in [0.15, 0.2) is 24.3 Å². The van der Waals surface area contributed by atoms with E-state index >= 15 is 0 Å². The molecule has 0 radical (unpaired) electrons. The van der Waals surface area contributed by atoms with E-state index < -0.39 is 0 Å². The van der Waals surface area contributed by atoms with Gasteiger partial charge >= 0.3 is 0 Å². The summed E-state index contributed by atoms with van der Waals surface area (Å²) in [5.41, 5.74) is 8.82. The SMILES string of the molecule is CC(C)Cc1ccc(C(N)C2CCCO2)cc1. The van der Waals surface area contributed by atoms with Crippen molar-refractivity contribution >= 4 is 0 Å². The molecule has 2 unspecified atom stereocenters. The van der Waals surface area contributed by atoms with Crippen LogP contribution in [0.25, 0.3) is 0 Å². The molecule has 2 rings (SSSR count). The first-order chi connectivity index (χ1) is 8.16. The van der Waals surface area contributed by atoms with E-state index in [1.165, 1.54) is 11.1 Å². The molecule has 0 aliphatic carbocycles. The number of benzene rings is 1. The van der Waals surface area contributed by atoms with Gasteiger partial charge in [0.25, 0.3) is 0 Å². The van der Waals surface area contributed by atoms with Crippen LogP contribution in [0.1, 0.15) is 43.9 Å². The molecular weight excluding hydrogens is 210 g/mol. The molecule has 0 spiro atoms. The first-order valence-electron chi connectivity index (χ1n) is 6.63. The summed E-state index contributed by atoms with van der Waals surface area (Å²) in [5.74, 6) is 0.702. The van der Waals surface area contributed by atoms with E-state index in [2.05, 4.69) is 38.1 Å². The summed E-state index contributed by atoms with van der Waals surface area (Å²) < 4.78 is 5.64. The van der Waals surface area contributed by atoms with Gasteiger partial charge in [0.2, 0.25) is 0 Å². The second-order valence-corrected chi connectivity index (χ2v) is 5.42. The zero-order valence-corrected chi connectivity index (χ0v) is 10.9. The summed E-state index contributed by atoms with van der Waals surface area (Å²) in [6.45, 7) is 5.35. The maximum absolute atomic E-state index is 6.23. The van der Waals surface area contributed by atoms with E-state index in [0.717, 1.165) is 25.9 Å². The Bertz CT molecular complexity index is 338. The molecule has 0 bridgehead atoms. The number of ether oxygens (including phenoxy) is 1. The third-order valence-electron chi connectivity index (χ3n) is 3.37. The number of rotatable bonds is 4. The van der Waals surface area contributed by atoms with Crippen LogP contribution in [-0.4, -0.2) is 12.7 Å². The van der Waals surface area contributed by atoms with Crippen LogP contribution in [0.5, 0.6) is 0 Å². The molecule has 0 saturated carbocycles. The van der Waals surface area contributed by atoms with Crippen LogP contribution in [0, 0.1) is 5.92 Å². The zero-order valence-electron chi connectivity index (χ0n) is 10.9. The van der Waals surface area contributed by atoms with E-state index in [1.807, 2.05) is 0 Å². The first-order valence-corrected chi connectivity index (χ1v) is 6.63. The second kappa shape index (κ2) is 5.65. The Morgan fingerprint density at radius 2 is 2.00 bits per heavy atom. The van der Waals surface area contributed by atoms with Crippen molar-refractivity contribution in [1.29, 1.82) is 0 Å². The minimum atomic E-state index is 0.0330. The van der Waals surface area contributed by atoms with Gasteiger partial charge in [0.15, 0.2) is 0 Å². The summed E-state index contributed by atoms with van der Waals surface area (Å²) in [6, 6.07) is 8.74. The van der Waals surface area contributed by atoms with E-state index in [9.17, 15) is 0 Å². The average molecular weight is 233 g/mol. The molecular formula is C15H23NO. The van der Waals surface area contributed by atoms with Crippen molar-refractivity contribution in [1.82, 2.24) is 0 Å². The summed E-state index contributed by atoms with van der Waals surface area (Å²) >= 11 is 0. The van der Waals surface area contributed by atoms with Crippen molar-refractivity contribution in [3.05, 3.63) is 35.4 Å². The minimum Gasteiger partial charge on any atom is -0.376 e. The molecule has 1 aliphatic rings. The van der Waals surface area contributed by atoms with Gasteiger partial charge in [-0.1, -0.05) is 38.1 Å². The van der Waals surface area contributed by atoms with Crippen molar-refractivity contribution in [2.75, 3.05) is 6.61 Å². The maximum Gasteiger partial charge on any atom is 0.0768 e. The molecule has 2 heteroatoms. The maximum atomic E-state index is 6.23. The highest BCUT2D eigenvalue weighted by Crippen LogP contribution is 2.25. The summed E-state index contributed by atoms with van der Waals surface area (Å²) in [4.78, 5) is 0. The van der Waals surface area contributed by atoms with Gasteiger partial charge in [-0.2, -0.15) is 0 Å². The lowest BCUT2D eigenvalue weighted by atomic mass is 9.96. The molecule has 2 N–H and O–H groups in total. The number of hydrogen-bond acceptors (Lipinski definition) is 2. The third kappa shape index (κ3) is 3.30.